The van der Waals surface area contributed by atoms with Crippen LogP contribution in [0.15, 0.2) is 53.1 Å². The van der Waals surface area contributed by atoms with Crippen LogP contribution in [0.2, 0.25) is 0 Å². The van der Waals surface area contributed by atoms with E-state index in [-0.39, 0.29) is 11.8 Å². The molecule has 0 radical (unpaired) electrons. The summed E-state index contributed by atoms with van der Waals surface area (Å²) in [4.78, 5) is 19.0. The molecule has 7 heteroatoms. The van der Waals surface area contributed by atoms with E-state index in [1.54, 1.807) is 0 Å². The molecule has 3 aromatic rings. The summed E-state index contributed by atoms with van der Waals surface area (Å²) in [6.45, 7) is 8.61. The van der Waals surface area contributed by atoms with Crippen LogP contribution in [0, 0.1) is 5.92 Å². The van der Waals surface area contributed by atoms with E-state index in [9.17, 15) is 4.79 Å². The number of rotatable bonds is 9. The highest BCUT2D eigenvalue weighted by molar-refractivity contribution is 5.79. The Morgan fingerprint density at radius 2 is 1.75 bits per heavy atom. The number of benzene rings is 2. The quantitative estimate of drug-likeness (QED) is 0.485. The maximum atomic E-state index is 12.6. The van der Waals surface area contributed by atoms with Crippen molar-refractivity contribution in [3.8, 4) is 22.9 Å². The van der Waals surface area contributed by atoms with Crippen molar-refractivity contribution < 1.29 is 18.8 Å². The molecule has 1 aromatic heterocycles. The number of amides is 1. The second-order valence-electron chi connectivity index (χ2n) is 8.44. The van der Waals surface area contributed by atoms with Crippen molar-refractivity contribution in [2.75, 3.05) is 19.8 Å². The second-order valence-corrected chi connectivity index (χ2v) is 8.44. The fourth-order valence-electron chi connectivity index (χ4n) is 3.65. The minimum absolute atomic E-state index is 0.0929. The summed E-state index contributed by atoms with van der Waals surface area (Å²) in [6, 6.07) is 15.5. The van der Waals surface area contributed by atoms with Gasteiger partial charge in [-0.3, -0.25) is 4.79 Å². The second kappa shape index (κ2) is 9.85. The van der Waals surface area contributed by atoms with Crippen molar-refractivity contribution in [2.45, 2.75) is 39.7 Å². The van der Waals surface area contributed by atoms with E-state index in [0.717, 1.165) is 22.6 Å². The van der Waals surface area contributed by atoms with Gasteiger partial charge in [0.05, 0.1) is 19.1 Å². The molecule has 1 aliphatic heterocycles. The van der Waals surface area contributed by atoms with Crippen molar-refractivity contribution in [2.24, 2.45) is 5.92 Å². The lowest BCUT2D eigenvalue weighted by atomic mass is 10.1. The molecular formula is C25H29N3O4. The Balaban J connectivity index is 1.37. The molecule has 168 valence electrons. The zero-order chi connectivity index (χ0) is 22.5. The number of ether oxygens (including phenoxy) is 2. The fourth-order valence-corrected chi connectivity index (χ4v) is 3.65. The van der Waals surface area contributed by atoms with E-state index in [0.29, 0.717) is 50.4 Å². The van der Waals surface area contributed by atoms with Gasteiger partial charge < -0.3 is 18.9 Å². The summed E-state index contributed by atoms with van der Waals surface area (Å²) in [7, 11) is 0. The molecule has 2 aromatic carbocycles. The van der Waals surface area contributed by atoms with Crippen LogP contribution in [0.3, 0.4) is 0 Å². The molecule has 1 amide bonds. The van der Waals surface area contributed by atoms with Crippen LogP contribution in [-0.4, -0.2) is 40.7 Å². The van der Waals surface area contributed by atoms with E-state index in [2.05, 4.69) is 24.0 Å². The molecule has 0 N–H and O–H groups in total. The van der Waals surface area contributed by atoms with Gasteiger partial charge in [-0.15, -0.1) is 0 Å². The molecule has 1 fully saturated rings. The first-order valence-electron chi connectivity index (χ1n) is 11.1. The van der Waals surface area contributed by atoms with Crippen LogP contribution >= 0.6 is 0 Å². The summed E-state index contributed by atoms with van der Waals surface area (Å²) in [5.74, 6) is 3.14. The topological polar surface area (TPSA) is 77.7 Å². The van der Waals surface area contributed by atoms with Crippen molar-refractivity contribution in [3.63, 3.8) is 0 Å². The van der Waals surface area contributed by atoms with Crippen LogP contribution in [0.4, 0.5) is 0 Å². The van der Waals surface area contributed by atoms with Gasteiger partial charge in [0.2, 0.25) is 17.6 Å². The van der Waals surface area contributed by atoms with Crippen molar-refractivity contribution in [1.82, 2.24) is 15.0 Å². The van der Waals surface area contributed by atoms with Gasteiger partial charge >= 0.3 is 0 Å². The highest BCUT2D eigenvalue weighted by Gasteiger charge is 2.34. The van der Waals surface area contributed by atoms with Crippen molar-refractivity contribution in [3.05, 3.63) is 60.0 Å². The Hall–Kier alpha value is -3.35. The van der Waals surface area contributed by atoms with Crippen LogP contribution in [0.1, 0.15) is 44.6 Å². The highest BCUT2D eigenvalue weighted by atomic mass is 16.5. The number of likely N-dealkylation sites (tertiary alicyclic amines) is 1. The predicted molar refractivity (Wildman–Crippen MR) is 120 cm³/mol. The fraction of sp³-hybridized carbons (Fsp3) is 0.400. The smallest absolute Gasteiger partial charge is 0.232 e. The van der Waals surface area contributed by atoms with Gasteiger partial charge in [0.15, 0.2) is 0 Å². The van der Waals surface area contributed by atoms with E-state index < -0.39 is 0 Å². The zero-order valence-electron chi connectivity index (χ0n) is 18.8. The van der Waals surface area contributed by atoms with Gasteiger partial charge in [-0.2, -0.15) is 4.98 Å². The maximum Gasteiger partial charge on any atom is 0.232 e. The number of hydrogen-bond donors (Lipinski definition) is 0. The summed E-state index contributed by atoms with van der Waals surface area (Å²) in [5, 5.41) is 4.13. The third kappa shape index (κ3) is 5.28. The number of carbonyl (C=O) groups excluding carboxylic acids is 1. The average Bonchev–Trinajstić information content (AvgIpc) is 3.42. The molecule has 1 saturated heterocycles. The lowest BCUT2D eigenvalue weighted by Crippen LogP contribution is -2.24. The Morgan fingerprint density at radius 3 is 2.44 bits per heavy atom. The van der Waals surface area contributed by atoms with Crippen LogP contribution in [0.25, 0.3) is 11.4 Å². The monoisotopic (exact) mass is 435 g/mol. The minimum atomic E-state index is -0.0971. The lowest BCUT2D eigenvalue weighted by molar-refractivity contribution is -0.128. The Kier molecular flexibility index (Phi) is 6.73. The molecule has 2 heterocycles. The normalized spacial score (nSPS) is 16.1. The molecular weight excluding hydrogens is 406 g/mol. The average molecular weight is 436 g/mol. The Morgan fingerprint density at radius 1 is 1.06 bits per heavy atom. The first-order valence-corrected chi connectivity index (χ1v) is 11.1. The first kappa shape index (κ1) is 21.9. The van der Waals surface area contributed by atoms with Gasteiger partial charge in [0.1, 0.15) is 11.5 Å². The summed E-state index contributed by atoms with van der Waals surface area (Å²) < 4.78 is 16.7. The summed E-state index contributed by atoms with van der Waals surface area (Å²) >= 11 is 0. The molecule has 0 aliphatic carbocycles. The van der Waals surface area contributed by atoms with Gasteiger partial charge in [-0.25, -0.2) is 0 Å². The van der Waals surface area contributed by atoms with Crippen molar-refractivity contribution in [1.29, 1.82) is 0 Å². The molecule has 0 spiro atoms. The molecule has 4 rings (SSSR count). The zero-order valence-corrected chi connectivity index (χ0v) is 18.8. The maximum absolute atomic E-state index is 12.6. The van der Waals surface area contributed by atoms with Gasteiger partial charge in [0, 0.05) is 25.1 Å². The molecule has 0 bridgehead atoms. The van der Waals surface area contributed by atoms with Crippen LogP contribution < -0.4 is 9.47 Å². The van der Waals surface area contributed by atoms with E-state index in [4.69, 9.17) is 14.0 Å². The summed E-state index contributed by atoms with van der Waals surface area (Å²) in [5.41, 5.74) is 1.92. The minimum Gasteiger partial charge on any atom is -0.494 e. The van der Waals surface area contributed by atoms with Gasteiger partial charge in [0.25, 0.3) is 0 Å². The van der Waals surface area contributed by atoms with Crippen LogP contribution in [0.5, 0.6) is 11.5 Å². The van der Waals surface area contributed by atoms with E-state index in [1.165, 1.54) is 0 Å². The van der Waals surface area contributed by atoms with Crippen LogP contribution in [-0.2, 0) is 11.3 Å². The first-order chi connectivity index (χ1) is 15.5. The molecule has 1 aliphatic rings. The number of carbonyl (C=O) groups is 1. The van der Waals surface area contributed by atoms with E-state index >= 15 is 0 Å². The Bertz CT molecular complexity index is 1030. The molecule has 7 nitrogen and oxygen atoms in total. The molecule has 0 saturated carbocycles. The number of hydrogen-bond acceptors (Lipinski definition) is 6. The Labute approximate surface area is 188 Å². The van der Waals surface area contributed by atoms with Gasteiger partial charge in [-0.1, -0.05) is 31.1 Å². The molecule has 32 heavy (non-hydrogen) atoms. The number of nitrogens with zero attached hydrogens (tertiary/aromatic N) is 3. The molecule has 1 atom stereocenters. The third-order valence-electron chi connectivity index (χ3n) is 5.31. The van der Waals surface area contributed by atoms with Gasteiger partial charge in [-0.05, 0) is 54.8 Å². The van der Waals surface area contributed by atoms with Crippen molar-refractivity contribution >= 4 is 5.91 Å². The standard InChI is InChI=1S/C25H29N3O4/c1-4-30-21-9-5-18(6-10-21)14-28-15-20(13-23(28)29)25-26-24(27-32-25)19-7-11-22(12-8-19)31-16-17(2)3/h5-12,17,20H,4,13-16H2,1-3H3. The lowest BCUT2D eigenvalue weighted by Gasteiger charge is -2.16. The third-order valence-corrected chi connectivity index (χ3v) is 5.31. The predicted octanol–water partition coefficient (Wildman–Crippen LogP) is 4.69. The summed E-state index contributed by atoms with van der Waals surface area (Å²) in [6.07, 6.45) is 0.376. The number of aromatic nitrogens is 2. The molecule has 1 unspecified atom stereocenters. The van der Waals surface area contributed by atoms with E-state index in [1.807, 2.05) is 60.4 Å². The largest absolute Gasteiger partial charge is 0.494 e. The highest BCUT2D eigenvalue weighted by Crippen LogP contribution is 2.30. The SMILES string of the molecule is CCOc1ccc(CN2CC(c3nc(-c4ccc(OCC(C)C)cc4)no3)CC2=O)cc1.